The molecule has 0 radical (unpaired) electrons. The van der Waals surface area contributed by atoms with Crippen LogP contribution in [-0.4, -0.2) is 35.2 Å². The lowest BCUT2D eigenvalue weighted by molar-refractivity contribution is -0.358. The van der Waals surface area contributed by atoms with Crippen LogP contribution in [0.15, 0.2) is 30.3 Å². The second-order valence-electron chi connectivity index (χ2n) is 4.59. The summed E-state index contributed by atoms with van der Waals surface area (Å²) in [5.41, 5.74) is 0.403. The van der Waals surface area contributed by atoms with Crippen LogP contribution in [0.2, 0.25) is 0 Å². The third-order valence-electron chi connectivity index (χ3n) is 2.76. The van der Waals surface area contributed by atoms with Gasteiger partial charge in [0.1, 0.15) is 6.61 Å². The van der Waals surface area contributed by atoms with Gasteiger partial charge < -0.3 is 9.84 Å². The van der Waals surface area contributed by atoms with E-state index < -0.39 is 43.1 Å². The van der Waals surface area contributed by atoms with Crippen LogP contribution in [0.3, 0.4) is 0 Å². The van der Waals surface area contributed by atoms with Crippen molar-refractivity contribution < 1.29 is 45.4 Å². The van der Waals surface area contributed by atoms with E-state index in [1.165, 1.54) is 12.1 Å². The maximum Gasteiger partial charge on any atom is 0.459 e. The van der Waals surface area contributed by atoms with E-state index in [2.05, 4.69) is 4.74 Å². The number of carbonyl (C=O) groups excluding carboxylic acids is 1. The number of carbonyl (C=O) groups is 1. The van der Waals surface area contributed by atoms with Crippen molar-refractivity contribution in [3.8, 4) is 0 Å². The minimum absolute atomic E-state index is 0.403. The molecule has 1 aromatic carbocycles. The number of halogens is 7. The number of aliphatic hydroxyl groups is 1. The molecule has 1 unspecified atom stereocenters. The molecule has 1 atom stereocenters. The molecule has 0 saturated heterocycles. The van der Waals surface area contributed by atoms with Gasteiger partial charge in [-0.1, -0.05) is 30.3 Å². The molecule has 0 aromatic heterocycles. The van der Waals surface area contributed by atoms with E-state index in [4.69, 9.17) is 5.11 Å². The van der Waals surface area contributed by atoms with Crippen molar-refractivity contribution >= 4 is 5.97 Å². The third kappa shape index (κ3) is 4.57. The zero-order valence-electron chi connectivity index (χ0n) is 11.3. The average Bonchev–Trinajstić information content (AvgIpc) is 2.44. The molecule has 130 valence electrons. The van der Waals surface area contributed by atoms with E-state index in [0.717, 1.165) is 0 Å². The number of rotatable bonds is 6. The largest absolute Gasteiger partial charge is 0.459 e. The number of benzene rings is 1. The van der Waals surface area contributed by atoms with Gasteiger partial charge >= 0.3 is 24.0 Å². The molecular formula is C13H11F7O3. The Labute approximate surface area is 125 Å². The van der Waals surface area contributed by atoms with Crippen molar-refractivity contribution in [2.75, 3.05) is 0 Å². The Balaban J connectivity index is 2.67. The molecule has 0 saturated carbocycles. The first-order valence-electron chi connectivity index (χ1n) is 6.09. The predicted molar refractivity (Wildman–Crippen MR) is 62.8 cm³/mol. The van der Waals surface area contributed by atoms with Crippen LogP contribution in [0, 0.1) is 0 Å². The van der Waals surface area contributed by atoms with Crippen LogP contribution in [0.25, 0.3) is 0 Å². The maximum absolute atomic E-state index is 13.0. The first-order valence-corrected chi connectivity index (χ1v) is 6.09. The second kappa shape index (κ2) is 6.73. The lowest BCUT2D eigenvalue weighted by Gasteiger charge is -2.29. The standard InChI is InChI=1S/C13H11F7O3/c14-11(15,12(16,17)13(18,19)20)6-9(21)10(22)23-7-8-4-2-1-3-5-8/h1-5,9,21H,6-7H2. The highest BCUT2D eigenvalue weighted by Crippen LogP contribution is 2.48. The van der Waals surface area contributed by atoms with Gasteiger partial charge in [-0.15, -0.1) is 0 Å². The van der Waals surface area contributed by atoms with E-state index in [9.17, 15) is 35.5 Å². The quantitative estimate of drug-likeness (QED) is 0.634. The molecule has 1 rings (SSSR count). The maximum atomic E-state index is 13.0. The van der Waals surface area contributed by atoms with E-state index in [-0.39, 0.29) is 0 Å². The highest BCUT2D eigenvalue weighted by atomic mass is 19.4. The minimum atomic E-state index is -6.52. The summed E-state index contributed by atoms with van der Waals surface area (Å²) in [5, 5.41) is 9.11. The molecule has 0 heterocycles. The van der Waals surface area contributed by atoms with Gasteiger partial charge in [0, 0.05) is 0 Å². The monoisotopic (exact) mass is 348 g/mol. The van der Waals surface area contributed by atoms with E-state index in [0.29, 0.717) is 5.56 Å². The molecule has 0 amide bonds. The van der Waals surface area contributed by atoms with Crippen molar-refractivity contribution in [1.82, 2.24) is 0 Å². The summed E-state index contributed by atoms with van der Waals surface area (Å²) in [6, 6.07) is 7.69. The summed E-state index contributed by atoms with van der Waals surface area (Å²) in [4.78, 5) is 11.2. The molecular weight excluding hydrogens is 337 g/mol. The molecule has 0 aliphatic rings. The summed E-state index contributed by atoms with van der Waals surface area (Å²) in [6.07, 6.45) is -11.8. The SMILES string of the molecule is O=C(OCc1ccccc1)C(O)CC(F)(F)C(F)(F)C(F)(F)F. The lowest BCUT2D eigenvalue weighted by Crippen LogP contribution is -2.53. The molecule has 0 aliphatic heterocycles. The fourth-order valence-electron chi connectivity index (χ4n) is 1.49. The van der Waals surface area contributed by atoms with Crippen LogP contribution in [-0.2, 0) is 16.1 Å². The molecule has 1 N–H and O–H groups in total. The van der Waals surface area contributed by atoms with Gasteiger partial charge in [-0.25, -0.2) is 4.79 Å². The fourth-order valence-corrected chi connectivity index (χ4v) is 1.49. The van der Waals surface area contributed by atoms with Crippen LogP contribution >= 0.6 is 0 Å². The Morgan fingerprint density at radius 2 is 1.57 bits per heavy atom. The molecule has 0 fully saturated rings. The Hall–Kier alpha value is -1.84. The molecule has 1 aromatic rings. The zero-order valence-corrected chi connectivity index (χ0v) is 11.3. The highest BCUT2D eigenvalue weighted by molar-refractivity contribution is 5.74. The molecule has 10 heteroatoms. The summed E-state index contributed by atoms with van der Waals surface area (Å²) in [6.45, 7) is -0.460. The van der Waals surface area contributed by atoms with Crippen LogP contribution < -0.4 is 0 Å². The van der Waals surface area contributed by atoms with E-state index in [1.807, 2.05) is 0 Å². The fraction of sp³-hybridized carbons (Fsp3) is 0.462. The molecule has 0 bridgehead atoms. The normalized spacial score (nSPS) is 14.4. The first-order chi connectivity index (χ1) is 10.4. The van der Waals surface area contributed by atoms with Gasteiger partial charge in [-0.3, -0.25) is 0 Å². The topological polar surface area (TPSA) is 46.5 Å². The van der Waals surface area contributed by atoms with Crippen LogP contribution in [0.5, 0.6) is 0 Å². The Morgan fingerprint density at radius 1 is 1.04 bits per heavy atom. The molecule has 23 heavy (non-hydrogen) atoms. The Morgan fingerprint density at radius 3 is 2.04 bits per heavy atom. The molecule has 3 nitrogen and oxygen atoms in total. The van der Waals surface area contributed by atoms with Crippen LogP contribution in [0.1, 0.15) is 12.0 Å². The van der Waals surface area contributed by atoms with Gasteiger partial charge in [0.2, 0.25) is 0 Å². The molecule has 0 aliphatic carbocycles. The minimum Gasteiger partial charge on any atom is -0.459 e. The summed E-state index contributed by atoms with van der Waals surface area (Å²) < 4.78 is 91.5. The highest BCUT2D eigenvalue weighted by Gasteiger charge is 2.73. The number of alkyl halides is 7. The van der Waals surface area contributed by atoms with Crippen molar-refractivity contribution in [2.45, 2.75) is 37.2 Å². The van der Waals surface area contributed by atoms with Crippen molar-refractivity contribution in [1.29, 1.82) is 0 Å². The van der Waals surface area contributed by atoms with Gasteiger partial charge in [0.25, 0.3) is 0 Å². The lowest BCUT2D eigenvalue weighted by atomic mass is 10.0. The second-order valence-corrected chi connectivity index (χ2v) is 4.59. The van der Waals surface area contributed by atoms with Crippen molar-refractivity contribution in [3.05, 3.63) is 35.9 Å². The number of hydrogen-bond acceptors (Lipinski definition) is 3. The number of hydrogen-bond donors (Lipinski definition) is 1. The van der Waals surface area contributed by atoms with Crippen LogP contribution in [0.4, 0.5) is 30.7 Å². The van der Waals surface area contributed by atoms with E-state index in [1.54, 1.807) is 18.2 Å². The summed E-state index contributed by atoms with van der Waals surface area (Å²) in [7, 11) is 0. The average molecular weight is 348 g/mol. The Kier molecular flexibility index (Phi) is 5.62. The first kappa shape index (κ1) is 19.2. The Bertz CT molecular complexity index is 528. The molecule has 0 spiro atoms. The van der Waals surface area contributed by atoms with Gasteiger partial charge in [-0.2, -0.15) is 30.7 Å². The third-order valence-corrected chi connectivity index (χ3v) is 2.76. The predicted octanol–water partition coefficient (Wildman–Crippen LogP) is 3.31. The zero-order chi connectivity index (χ0) is 17.9. The summed E-state index contributed by atoms with van der Waals surface area (Å²) in [5.74, 6) is -13.8. The number of aliphatic hydroxyl groups excluding tert-OH is 1. The van der Waals surface area contributed by atoms with Gasteiger partial charge in [0.05, 0.1) is 6.42 Å². The van der Waals surface area contributed by atoms with Gasteiger partial charge in [0.15, 0.2) is 6.10 Å². The smallest absolute Gasteiger partial charge is 0.459 e. The van der Waals surface area contributed by atoms with Crippen molar-refractivity contribution in [3.63, 3.8) is 0 Å². The van der Waals surface area contributed by atoms with E-state index >= 15 is 0 Å². The number of ether oxygens (including phenoxy) is 1. The number of esters is 1. The van der Waals surface area contributed by atoms with Crippen molar-refractivity contribution in [2.24, 2.45) is 0 Å². The summed E-state index contributed by atoms with van der Waals surface area (Å²) >= 11 is 0. The van der Waals surface area contributed by atoms with Gasteiger partial charge in [-0.05, 0) is 5.56 Å².